The van der Waals surface area contributed by atoms with E-state index in [9.17, 15) is 54.7 Å². The lowest BCUT2D eigenvalue weighted by Gasteiger charge is -2.23. The Morgan fingerprint density at radius 1 is 0.500 bits per heavy atom. The van der Waals surface area contributed by atoms with Gasteiger partial charge in [0.25, 0.3) is 5.69 Å². The fourth-order valence-corrected chi connectivity index (χ4v) is 11.1. The molecule has 3 heterocycles. The van der Waals surface area contributed by atoms with E-state index >= 15 is 0 Å². The van der Waals surface area contributed by atoms with E-state index in [-0.39, 0.29) is 25.3 Å². The Labute approximate surface area is 508 Å². The molecule has 3 aliphatic rings. The van der Waals surface area contributed by atoms with Gasteiger partial charge in [0.1, 0.15) is 12.0 Å². The van der Waals surface area contributed by atoms with Gasteiger partial charge in [0.05, 0.1) is 70.1 Å². The van der Waals surface area contributed by atoms with Crippen LogP contribution in [0.25, 0.3) is 0 Å². The maximum absolute atomic E-state index is 12.4. The van der Waals surface area contributed by atoms with E-state index in [1.165, 1.54) is 92.2 Å². The highest BCUT2D eigenvalue weighted by atomic mass is 32.2. The number of carbonyl (C=O) groups excluding carboxylic acids is 1. The third kappa shape index (κ3) is 22.9. The number of nitrogens with zero attached hydrogens (tertiary/aromatic N) is 7. The van der Waals surface area contributed by atoms with Crippen molar-refractivity contribution < 1.29 is 72.7 Å². The molecule has 5 aromatic rings. The number of anilines is 7. The Morgan fingerprint density at radius 3 is 1.26 bits per heavy atom. The van der Waals surface area contributed by atoms with Gasteiger partial charge in [-0.05, 0) is 48.5 Å². The quantitative estimate of drug-likeness (QED) is 0.0378. The van der Waals surface area contributed by atoms with Crippen LogP contribution in [0.1, 0.15) is 69.2 Å². The number of ether oxygens (including phenoxy) is 6. The van der Waals surface area contributed by atoms with Crippen LogP contribution in [0.4, 0.5) is 55.6 Å². The van der Waals surface area contributed by atoms with Gasteiger partial charge in [-0.2, -0.15) is 29.6 Å². The zero-order chi connectivity index (χ0) is 66.4. The second-order valence-corrected chi connectivity index (χ2v) is 20.7. The number of nitro groups is 2. The molecule has 2 N–H and O–H groups in total. The van der Waals surface area contributed by atoms with Crippen molar-refractivity contribution in [2.24, 2.45) is 0 Å². The van der Waals surface area contributed by atoms with Crippen molar-refractivity contribution in [3.63, 3.8) is 0 Å². The van der Waals surface area contributed by atoms with Crippen LogP contribution in [-0.4, -0.2) is 143 Å². The number of halogens is 1. The Hall–Kier alpha value is -7.29. The number of hydrogen-bond donors (Lipinski definition) is 2. The van der Waals surface area contributed by atoms with Gasteiger partial charge in [-0.1, -0.05) is 130 Å². The molecule has 0 saturated carbocycles. The van der Waals surface area contributed by atoms with E-state index in [4.69, 9.17) is 28.4 Å². The Bertz CT molecular complexity index is 3090. The molecule has 0 fully saturated rings. The van der Waals surface area contributed by atoms with E-state index in [1.807, 2.05) is 69.2 Å². The summed E-state index contributed by atoms with van der Waals surface area (Å²) in [6.07, 6.45) is -1.05. The summed E-state index contributed by atoms with van der Waals surface area (Å²) < 4.78 is 123. The number of benzene rings is 5. The molecule has 0 spiro atoms. The van der Waals surface area contributed by atoms with E-state index in [0.29, 0.717) is 52.6 Å². The van der Waals surface area contributed by atoms with Gasteiger partial charge >= 0.3 is 36.3 Å². The molecular formula is C56H88FN9O17S3. The summed E-state index contributed by atoms with van der Waals surface area (Å²) in [4.78, 5) is 29.9. The van der Waals surface area contributed by atoms with Crippen LogP contribution < -0.4 is 31.6 Å². The van der Waals surface area contributed by atoms with Crippen LogP contribution in [0, 0.1) is 26.0 Å². The number of hydrogen-bond acceptors (Lipinski definition) is 18. The van der Waals surface area contributed by atoms with Crippen molar-refractivity contribution in [1.82, 2.24) is 0 Å². The summed E-state index contributed by atoms with van der Waals surface area (Å²) in [6, 6.07) is 32.4. The normalized spacial score (nSPS) is 13.4. The molecule has 0 amide bonds. The minimum absolute atomic E-state index is 0.0356. The number of fused-ring (bicyclic) bond motifs is 3. The number of carbonyl (C=O) groups is 1. The largest absolute Gasteiger partial charge is 0.374 e. The molecule has 3 aliphatic heterocycles. The van der Waals surface area contributed by atoms with E-state index in [0.717, 1.165) is 16.4 Å². The number of rotatable bonds is 17. The molecule has 8 rings (SSSR count). The molecule has 0 atom stereocenters. The third-order valence-corrected chi connectivity index (χ3v) is 16.0. The van der Waals surface area contributed by atoms with Gasteiger partial charge in [-0.25, -0.2) is 12.9 Å². The highest BCUT2D eigenvalue weighted by molar-refractivity contribution is 7.95. The number of methoxy groups -OCH3 is 6. The maximum Gasteiger partial charge on any atom is 0.326 e. The van der Waals surface area contributed by atoms with Gasteiger partial charge in [0.2, 0.25) is 5.82 Å². The number of nitrogens with one attached hydrogen (secondary N) is 2. The predicted molar refractivity (Wildman–Crippen MR) is 339 cm³/mol. The first-order valence-corrected chi connectivity index (χ1v) is 31.4. The molecule has 0 saturated heterocycles. The summed E-state index contributed by atoms with van der Waals surface area (Å²) in [5.74, 6) is -0.799. The lowest BCUT2D eigenvalue weighted by molar-refractivity contribution is -0.387. The number of aldehydes is 1. The van der Waals surface area contributed by atoms with Gasteiger partial charge in [-0.3, -0.25) is 33.6 Å². The molecule has 0 radical (unpaired) electrons. The summed E-state index contributed by atoms with van der Waals surface area (Å²) in [5.41, 5.74) is 3.61. The standard InChI is InChI=1S/C11H16N2O4S.C10H14N2O4S.C10H14N2O4.C9H10N2O3S.C6H4FNO2.5C2H6/c1-12-9-6-4-5-7-10(9)13(18(12,14)15)8-11(16-2)17-3;1-15-10(16-2)7-12-9-6-4-3-5-8(9)11-17(12,13)14;1-15-10(16-2)7-11-8-5-3-4-6-9(8)12(13)14;1-10-8-4-2-3-5-9(8)11(6-7-12)15(10,13)14;7-5-3-1-2-4-6(5)8(9)10;5*1-2/h4-7,11H,8H2,1-3H3;3-6,10-11H,7H2,1-2H3;3-6,10-11H,7H2,1-2H3;2-5,7H,6H2,1H3;1-4H;5*1-2H3. The number of para-hydroxylation sites is 9. The minimum atomic E-state index is -3.55. The average molecular weight is 1270 g/mol. The van der Waals surface area contributed by atoms with E-state index < -0.39 is 70.8 Å². The van der Waals surface area contributed by atoms with Crippen LogP contribution in [0.3, 0.4) is 0 Å². The average Bonchev–Trinajstić information content (AvgIpc) is 1.77. The molecule has 0 aliphatic carbocycles. The molecule has 0 bridgehead atoms. The van der Waals surface area contributed by atoms with E-state index in [1.54, 1.807) is 91.0 Å². The monoisotopic (exact) mass is 1270 g/mol. The lowest BCUT2D eigenvalue weighted by Crippen LogP contribution is -2.41. The zero-order valence-corrected chi connectivity index (χ0v) is 54.8. The highest BCUT2D eigenvalue weighted by Crippen LogP contribution is 2.41. The van der Waals surface area contributed by atoms with Gasteiger partial charge in [0, 0.05) is 68.9 Å². The van der Waals surface area contributed by atoms with Crippen LogP contribution >= 0.6 is 0 Å². The SMILES string of the molecule is CC.CC.CC.CC.CC.CN1c2ccccc2N(CC=O)S1(=O)=O.COC(CN1c2ccccc2N(C)S1(=O)=O)OC.COC(CN1c2ccccc2NS1(=O)=O)OC.COC(CNc1ccccc1[N+](=O)[O-])OC.O=[N+]([O-])c1ccccc1F. The maximum atomic E-state index is 12.4. The van der Waals surface area contributed by atoms with Crippen molar-refractivity contribution >= 4 is 88.1 Å². The van der Waals surface area contributed by atoms with Crippen molar-refractivity contribution in [3.8, 4) is 0 Å². The molecule has 30 heteroatoms. The van der Waals surface area contributed by atoms with Gasteiger partial charge in [-0.15, -0.1) is 0 Å². The summed E-state index contributed by atoms with van der Waals surface area (Å²) in [7, 11) is 1.29. The van der Waals surface area contributed by atoms with Crippen molar-refractivity contribution in [3.05, 3.63) is 147 Å². The first-order valence-electron chi connectivity index (χ1n) is 27.2. The molecule has 26 nitrogen and oxygen atoms in total. The lowest BCUT2D eigenvalue weighted by atomic mass is 10.2. The van der Waals surface area contributed by atoms with E-state index in [2.05, 4.69) is 10.0 Å². The Balaban J connectivity index is 0. The summed E-state index contributed by atoms with van der Waals surface area (Å²) in [5, 5.41) is 23.6. The molecule has 0 aromatic heterocycles. The molecular weight excluding hydrogens is 1190 g/mol. The van der Waals surface area contributed by atoms with Gasteiger partial charge in [0.15, 0.2) is 18.9 Å². The second kappa shape index (κ2) is 42.5. The fourth-order valence-electron chi connectivity index (χ4n) is 7.03. The number of nitro benzene ring substituents is 2. The van der Waals surface area contributed by atoms with Crippen molar-refractivity contribution in [2.75, 3.05) is 114 Å². The van der Waals surface area contributed by atoms with Crippen molar-refractivity contribution in [2.45, 2.75) is 88.1 Å². The smallest absolute Gasteiger partial charge is 0.326 e. The van der Waals surface area contributed by atoms with Crippen LogP contribution in [0.15, 0.2) is 121 Å². The van der Waals surface area contributed by atoms with Crippen molar-refractivity contribution in [1.29, 1.82) is 0 Å². The minimum Gasteiger partial charge on any atom is -0.374 e. The molecule has 484 valence electrons. The fraction of sp³-hybridized carbons (Fsp3) is 0.446. The first-order chi connectivity index (χ1) is 41.1. The van der Waals surface area contributed by atoms with Crippen LogP contribution in [0.2, 0.25) is 0 Å². The molecule has 86 heavy (non-hydrogen) atoms. The molecule has 0 unspecified atom stereocenters. The molecule has 5 aromatic carbocycles. The third-order valence-electron chi connectivity index (χ3n) is 11.0. The topological polar surface area (TPSA) is 301 Å². The Kier molecular flexibility index (Phi) is 39.9. The van der Waals surface area contributed by atoms with Gasteiger partial charge < -0.3 is 38.5 Å². The highest BCUT2D eigenvalue weighted by Gasteiger charge is 2.40. The first kappa shape index (κ1) is 80.8. The van der Waals surface area contributed by atoms with Crippen LogP contribution in [-0.2, 0) is 63.8 Å². The summed E-state index contributed by atoms with van der Waals surface area (Å²) in [6.45, 7) is 20.4. The Morgan fingerprint density at radius 2 is 0.849 bits per heavy atom. The second-order valence-electron chi connectivity index (χ2n) is 15.4. The van der Waals surface area contributed by atoms with Crippen LogP contribution in [0.5, 0.6) is 0 Å². The zero-order valence-electron chi connectivity index (χ0n) is 52.4. The predicted octanol–water partition coefficient (Wildman–Crippen LogP) is 10.5. The summed E-state index contributed by atoms with van der Waals surface area (Å²) >= 11 is 0.